The molecular formula is C31H38N4O4S. The third kappa shape index (κ3) is 6.47. The number of primary amides is 1. The molecule has 1 aliphatic heterocycles. The summed E-state index contributed by atoms with van der Waals surface area (Å²) in [6, 6.07) is 14.7. The average Bonchev–Trinajstić information content (AvgIpc) is 3.39. The first-order chi connectivity index (χ1) is 19.2. The number of likely N-dealkylation sites (tertiary alicyclic amines) is 1. The van der Waals surface area contributed by atoms with Crippen molar-refractivity contribution >= 4 is 38.6 Å². The van der Waals surface area contributed by atoms with Crippen molar-refractivity contribution in [2.75, 3.05) is 19.3 Å². The molecule has 1 aromatic heterocycles. The molecule has 5 rings (SSSR count). The molecule has 0 spiro atoms. The molecule has 2 aliphatic rings. The lowest BCUT2D eigenvalue weighted by Crippen LogP contribution is -2.54. The van der Waals surface area contributed by atoms with E-state index >= 15 is 0 Å². The molecule has 4 N–H and O–H groups in total. The number of nitrogens with two attached hydrogens (primary N) is 1. The second kappa shape index (κ2) is 12.0. The number of aromatic amines is 1. The molecule has 0 bridgehead atoms. The van der Waals surface area contributed by atoms with Crippen molar-refractivity contribution in [3.8, 4) is 0 Å². The van der Waals surface area contributed by atoms with Crippen LogP contribution in [0.5, 0.6) is 0 Å². The molecule has 3 aromatic rings. The second-order valence-electron chi connectivity index (χ2n) is 11.2. The fourth-order valence-electron chi connectivity index (χ4n) is 6.26. The molecule has 212 valence electrons. The minimum absolute atomic E-state index is 0.0928. The van der Waals surface area contributed by atoms with Gasteiger partial charge < -0.3 is 20.9 Å². The summed E-state index contributed by atoms with van der Waals surface area (Å²) in [7, 11) is -3.25. The molecule has 2 fully saturated rings. The Bertz CT molecular complexity index is 1480. The van der Waals surface area contributed by atoms with E-state index in [9.17, 15) is 18.0 Å². The second-order valence-corrected chi connectivity index (χ2v) is 13.2. The molecule has 2 amide bonds. The van der Waals surface area contributed by atoms with Gasteiger partial charge in [-0.25, -0.2) is 8.42 Å². The first-order valence-corrected chi connectivity index (χ1v) is 16.0. The molecule has 0 radical (unpaired) electrons. The SMILES string of the molecule is CS(=O)(=O)c1ccc(/C=C/C(=O)N2CCC(C(NC3CCC(c4c[nH]c5ccccc45)CC3)C(N)=O)CC2)cc1. The van der Waals surface area contributed by atoms with E-state index in [0.29, 0.717) is 31.8 Å². The summed E-state index contributed by atoms with van der Waals surface area (Å²) in [5.41, 5.74) is 9.18. The maximum Gasteiger partial charge on any atom is 0.246 e. The minimum atomic E-state index is -3.25. The van der Waals surface area contributed by atoms with Gasteiger partial charge in [0, 0.05) is 48.6 Å². The van der Waals surface area contributed by atoms with E-state index in [4.69, 9.17) is 5.73 Å². The number of H-pyrrole nitrogens is 1. The van der Waals surface area contributed by atoms with E-state index in [2.05, 4.69) is 40.8 Å². The van der Waals surface area contributed by atoms with Gasteiger partial charge >= 0.3 is 0 Å². The Morgan fingerprint density at radius 1 is 1.00 bits per heavy atom. The summed E-state index contributed by atoms with van der Waals surface area (Å²) in [6.45, 7) is 1.14. The Labute approximate surface area is 235 Å². The van der Waals surface area contributed by atoms with Crippen LogP contribution in [-0.4, -0.2) is 61.5 Å². The van der Waals surface area contributed by atoms with Crippen molar-refractivity contribution in [1.82, 2.24) is 15.2 Å². The monoisotopic (exact) mass is 562 g/mol. The third-order valence-corrected chi connectivity index (χ3v) is 9.69. The lowest BCUT2D eigenvalue weighted by atomic mass is 9.80. The normalized spacial score (nSPS) is 21.6. The number of hydrogen-bond donors (Lipinski definition) is 3. The van der Waals surface area contributed by atoms with Gasteiger partial charge in [-0.15, -0.1) is 0 Å². The topological polar surface area (TPSA) is 125 Å². The zero-order valence-electron chi connectivity index (χ0n) is 22.9. The molecule has 9 heteroatoms. The number of piperidine rings is 1. The van der Waals surface area contributed by atoms with Crippen molar-refractivity contribution in [2.45, 2.75) is 61.4 Å². The molecule has 1 aliphatic carbocycles. The van der Waals surface area contributed by atoms with Gasteiger partial charge in [-0.05, 0) is 85.8 Å². The molecule has 40 heavy (non-hydrogen) atoms. The summed E-state index contributed by atoms with van der Waals surface area (Å²) in [5, 5.41) is 4.89. The maximum atomic E-state index is 12.8. The largest absolute Gasteiger partial charge is 0.368 e. The zero-order chi connectivity index (χ0) is 28.3. The number of carbonyl (C=O) groups is 2. The molecule has 2 aromatic carbocycles. The van der Waals surface area contributed by atoms with E-state index < -0.39 is 15.9 Å². The van der Waals surface area contributed by atoms with Gasteiger partial charge in [0.2, 0.25) is 11.8 Å². The summed E-state index contributed by atoms with van der Waals surface area (Å²) in [4.78, 5) is 30.7. The van der Waals surface area contributed by atoms with Gasteiger partial charge in [0.1, 0.15) is 0 Å². The summed E-state index contributed by atoms with van der Waals surface area (Å²) in [6.07, 6.45) is 12.1. The quantitative estimate of drug-likeness (QED) is 0.358. The van der Waals surface area contributed by atoms with E-state index in [0.717, 1.165) is 31.2 Å². The molecule has 1 unspecified atom stereocenters. The lowest BCUT2D eigenvalue weighted by molar-refractivity contribution is -0.128. The van der Waals surface area contributed by atoms with Gasteiger partial charge in [-0.1, -0.05) is 30.3 Å². The highest BCUT2D eigenvalue weighted by Gasteiger charge is 2.34. The van der Waals surface area contributed by atoms with Crippen LogP contribution in [0.3, 0.4) is 0 Å². The highest BCUT2D eigenvalue weighted by atomic mass is 32.2. The van der Waals surface area contributed by atoms with Crippen LogP contribution in [-0.2, 0) is 19.4 Å². The smallest absolute Gasteiger partial charge is 0.246 e. The van der Waals surface area contributed by atoms with Gasteiger partial charge in [-0.3, -0.25) is 9.59 Å². The summed E-state index contributed by atoms with van der Waals surface area (Å²) >= 11 is 0. The van der Waals surface area contributed by atoms with Gasteiger partial charge in [0.05, 0.1) is 10.9 Å². The molecule has 1 saturated heterocycles. The molecule has 1 saturated carbocycles. The minimum Gasteiger partial charge on any atom is -0.368 e. The van der Waals surface area contributed by atoms with E-state index in [1.165, 1.54) is 40.9 Å². The number of fused-ring (bicyclic) bond motifs is 1. The third-order valence-electron chi connectivity index (χ3n) is 8.56. The Hall–Kier alpha value is -3.43. The van der Waals surface area contributed by atoms with Crippen LogP contribution in [0.2, 0.25) is 0 Å². The first kappa shape index (κ1) is 28.1. The van der Waals surface area contributed by atoms with Crippen LogP contribution >= 0.6 is 0 Å². The van der Waals surface area contributed by atoms with E-state index in [1.807, 2.05) is 0 Å². The Balaban J connectivity index is 1.11. The molecule has 1 atom stereocenters. The number of rotatable bonds is 8. The zero-order valence-corrected chi connectivity index (χ0v) is 23.7. The van der Waals surface area contributed by atoms with Gasteiger partial charge in [0.15, 0.2) is 9.84 Å². The van der Waals surface area contributed by atoms with Crippen molar-refractivity contribution < 1.29 is 18.0 Å². The Morgan fingerprint density at radius 2 is 1.68 bits per heavy atom. The number of hydrogen-bond acceptors (Lipinski definition) is 5. The predicted molar refractivity (Wildman–Crippen MR) is 157 cm³/mol. The fourth-order valence-corrected chi connectivity index (χ4v) is 6.89. The van der Waals surface area contributed by atoms with E-state index in [-0.39, 0.29) is 28.7 Å². The number of aromatic nitrogens is 1. The predicted octanol–water partition coefficient (Wildman–Crippen LogP) is 3.99. The molecular weight excluding hydrogens is 524 g/mol. The number of para-hydroxylation sites is 1. The first-order valence-electron chi connectivity index (χ1n) is 14.1. The number of amides is 2. The van der Waals surface area contributed by atoms with Gasteiger partial charge in [-0.2, -0.15) is 0 Å². The van der Waals surface area contributed by atoms with Crippen LogP contribution in [0, 0.1) is 5.92 Å². The lowest BCUT2D eigenvalue weighted by Gasteiger charge is -2.38. The highest BCUT2D eigenvalue weighted by molar-refractivity contribution is 7.90. The van der Waals surface area contributed by atoms with Crippen molar-refractivity contribution in [3.63, 3.8) is 0 Å². The number of sulfone groups is 1. The number of nitrogens with one attached hydrogen (secondary N) is 2. The summed E-state index contributed by atoms with van der Waals surface area (Å²) in [5.74, 6) is 0.201. The van der Waals surface area contributed by atoms with Crippen molar-refractivity contribution in [2.24, 2.45) is 11.7 Å². The number of nitrogens with zero attached hydrogens (tertiary/aromatic N) is 1. The number of benzene rings is 2. The van der Waals surface area contributed by atoms with Crippen LogP contribution in [0.1, 0.15) is 55.6 Å². The van der Waals surface area contributed by atoms with E-state index in [1.54, 1.807) is 23.1 Å². The summed E-state index contributed by atoms with van der Waals surface area (Å²) < 4.78 is 23.3. The van der Waals surface area contributed by atoms with Gasteiger partial charge in [0.25, 0.3) is 0 Å². The maximum absolute atomic E-state index is 12.8. The Morgan fingerprint density at radius 3 is 2.33 bits per heavy atom. The van der Waals surface area contributed by atoms with Crippen LogP contribution < -0.4 is 11.1 Å². The van der Waals surface area contributed by atoms with Crippen molar-refractivity contribution in [1.29, 1.82) is 0 Å². The molecule has 8 nitrogen and oxygen atoms in total. The number of carbonyl (C=O) groups excluding carboxylic acids is 2. The Kier molecular flexibility index (Phi) is 8.42. The molecule has 2 heterocycles. The van der Waals surface area contributed by atoms with Crippen molar-refractivity contribution in [3.05, 3.63) is 71.9 Å². The van der Waals surface area contributed by atoms with Crippen LogP contribution in [0.25, 0.3) is 17.0 Å². The standard InChI is InChI=1S/C31H38N4O4S/c1-40(38,39)25-13-6-21(7-14-25)8-15-29(36)35-18-16-23(17-19-35)30(31(32)37)34-24-11-9-22(10-12-24)27-20-33-28-5-3-2-4-26(27)28/h2-8,13-15,20,22-24,30,33-34H,9-12,16-19H2,1H3,(H2,32,37)/b15-8+. The fraction of sp³-hybridized carbons (Fsp3) is 0.419. The van der Waals surface area contributed by atoms with Crippen LogP contribution in [0.4, 0.5) is 0 Å². The highest BCUT2D eigenvalue weighted by Crippen LogP contribution is 2.37. The average molecular weight is 563 g/mol. The van der Waals surface area contributed by atoms with Crippen LogP contribution in [0.15, 0.2) is 65.7 Å².